The second-order valence-electron chi connectivity index (χ2n) is 5.10. The molecule has 0 amide bonds. The predicted molar refractivity (Wildman–Crippen MR) is 88.3 cm³/mol. The quantitative estimate of drug-likeness (QED) is 0.549. The lowest BCUT2D eigenvalue weighted by atomic mass is 10.0. The van der Waals surface area contributed by atoms with Crippen molar-refractivity contribution < 1.29 is 0 Å². The number of benzene rings is 2. The van der Waals surface area contributed by atoms with Crippen molar-refractivity contribution in [1.29, 1.82) is 0 Å². The first-order chi connectivity index (χ1) is 10.9. The highest BCUT2D eigenvalue weighted by molar-refractivity contribution is 5.81. The van der Waals surface area contributed by atoms with Gasteiger partial charge in [-0.15, -0.1) is 0 Å². The molecule has 0 saturated carbocycles. The molecule has 0 fully saturated rings. The largest absolute Gasteiger partial charge is 0.323 e. The highest BCUT2D eigenvalue weighted by atomic mass is 15.0. The number of imidazole rings is 1. The lowest BCUT2D eigenvalue weighted by molar-refractivity contribution is 1.03. The minimum atomic E-state index is 1.12. The van der Waals surface area contributed by atoms with E-state index in [0.29, 0.717) is 0 Å². The smallest absolute Gasteiger partial charge is 0.0991 e. The third-order valence-corrected chi connectivity index (χ3v) is 3.75. The number of nitrogens with zero attached hydrogens (tertiary/aromatic N) is 3. The Morgan fingerprint density at radius 3 is 2.05 bits per heavy atom. The first-order valence-corrected chi connectivity index (χ1v) is 7.23. The third-order valence-electron chi connectivity index (χ3n) is 3.75. The second-order valence-corrected chi connectivity index (χ2v) is 5.10. The van der Waals surface area contributed by atoms with Gasteiger partial charge in [0, 0.05) is 30.4 Å². The Labute approximate surface area is 129 Å². The van der Waals surface area contributed by atoms with E-state index in [4.69, 9.17) is 0 Å². The Kier molecular flexibility index (Phi) is 3.09. The zero-order chi connectivity index (χ0) is 14.8. The van der Waals surface area contributed by atoms with Crippen LogP contribution in [0.5, 0.6) is 0 Å². The van der Waals surface area contributed by atoms with Gasteiger partial charge in [0.05, 0.1) is 17.7 Å². The van der Waals surface area contributed by atoms with Gasteiger partial charge in [-0.2, -0.15) is 0 Å². The number of rotatable bonds is 3. The van der Waals surface area contributed by atoms with Crippen molar-refractivity contribution in [2.24, 2.45) is 0 Å². The lowest BCUT2D eigenvalue weighted by Crippen LogP contribution is -2.00. The summed E-state index contributed by atoms with van der Waals surface area (Å²) in [6.07, 6.45) is 9.75. The fraction of sp³-hybridized carbons (Fsp3) is 0. The second kappa shape index (κ2) is 5.37. The maximum Gasteiger partial charge on any atom is 0.0991 e. The molecule has 22 heavy (non-hydrogen) atoms. The van der Waals surface area contributed by atoms with E-state index in [1.807, 2.05) is 30.7 Å². The predicted octanol–water partition coefficient (Wildman–Crippen LogP) is 4.33. The normalized spacial score (nSPS) is 10.7. The summed E-state index contributed by atoms with van der Waals surface area (Å²) in [7, 11) is 0. The minimum Gasteiger partial charge on any atom is -0.323 e. The van der Waals surface area contributed by atoms with Gasteiger partial charge >= 0.3 is 0 Å². The van der Waals surface area contributed by atoms with Crippen LogP contribution >= 0.6 is 0 Å². The lowest BCUT2D eigenvalue weighted by Gasteiger charge is -2.16. The molecule has 2 aromatic carbocycles. The summed E-state index contributed by atoms with van der Waals surface area (Å²) < 4.78 is 4.19. The van der Waals surface area contributed by atoms with E-state index in [2.05, 4.69) is 69.0 Å². The Morgan fingerprint density at radius 1 is 0.636 bits per heavy atom. The van der Waals surface area contributed by atoms with Gasteiger partial charge in [0.1, 0.15) is 0 Å². The van der Waals surface area contributed by atoms with Crippen LogP contribution in [0.2, 0.25) is 0 Å². The molecule has 0 radical (unpaired) electrons. The third kappa shape index (κ3) is 2.13. The number of hydrogen-bond acceptors (Lipinski definition) is 1. The van der Waals surface area contributed by atoms with Crippen LogP contribution in [0.3, 0.4) is 0 Å². The molecule has 0 saturated heterocycles. The van der Waals surface area contributed by atoms with E-state index in [1.54, 1.807) is 6.20 Å². The average molecular weight is 285 g/mol. The van der Waals surface area contributed by atoms with Crippen molar-refractivity contribution in [3.05, 3.63) is 91.8 Å². The zero-order valence-corrected chi connectivity index (χ0v) is 12.0. The average Bonchev–Trinajstić information content (AvgIpc) is 3.28. The zero-order valence-electron chi connectivity index (χ0n) is 12.0. The molecule has 0 bridgehead atoms. The van der Waals surface area contributed by atoms with E-state index in [1.165, 1.54) is 11.1 Å². The molecule has 0 N–H and O–H groups in total. The van der Waals surface area contributed by atoms with Crippen molar-refractivity contribution >= 4 is 0 Å². The van der Waals surface area contributed by atoms with Crippen molar-refractivity contribution in [2.45, 2.75) is 0 Å². The van der Waals surface area contributed by atoms with E-state index in [9.17, 15) is 0 Å². The van der Waals surface area contributed by atoms with Gasteiger partial charge in [0.15, 0.2) is 0 Å². The summed E-state index contributed by atoms with van der Waals surface area (Å²) in [6.45, 7) is 0. The fourth-order valence-electron chi connectivity index (χ4n) is 2.76. The Morgan fingerprint density at radius 2 is 1.36 bits per heavy atom. The molecule has 3 nitrogen and oxygen atoms in total. The molecule has 0 aliphatic heterocycles. The van der Waals surface area contributed by atoms with E-state index >= 15 is 0 Å². The molecule has 0 aliphatic carbocycles. The number of aromatic nitrogens is 3. The summed E-state index contributed by atoms with van der Waals surface area (Å²) in [5.74, 6) is 0. The molecular formula is C19H15N3. The molecule has 4 rings (SSSR count). The molecule has 0 atom stereocenters. The van der Waals surface area contributed by atoms with Gasteiger partial charge in [0.2, 0.25) is 0 Å². The molecule has 106 valence electrons. The van der Waals surface area contributed by atoms with Crippen LogP contribution in [-0.2, 0) is 0 Å². The highest BCUT2D eigenvalue weighted by Gasteiger charge is 2.12. The summed E-state index contributed by atoms with van der Waals surface area (Å²) in [4.78, 5) is 4.18. The van der Waals surface area contributed by atoms with Crippen LogP contribution < -0.4 is 0 Å². The first-order valence-electron chi connectivity index (χ1n) is 7.23. The maximum absolute atomic E-state index is 4.18. The monoisotopic (exact) mass is 285 g/mol. The molecule has 3 heteroatoms. The Balaban J connectivity index is 2.03. The van der Waals surface area contributed by atoms with Gasteiger partial charge in [0.25, 0.3) is 0 Å². The van der Waals surface area contributed by atoms with Gasteiger partial charge in [-0.3, -0.25) is 0 Å². The van der Waals surface area contributed by atoms with Gasteiger partial charge in [-0.25, -0.2) is 4.98 Å². The van der Waals surface area contributed by atoms with E-state index in [0.717, 1.165) is 11.4 Å². The van der Waals surface area contributed by atoms with E-state index in [-0.39, 0.29) is 0 Å². The minimum absolute atomic E-state index is 1.12. The first kappa shape index (κ1) is 12.7. The number of hydrogen-bond donors (Lipinski definition) is 0. The highest BCUT2D eigenvalue weighted by Crippen LogP contribution is 2.32. The molecule has 2 heterocycles. The van der Waals surface area contributed by atoms with Crippen molar-refractivity contribution in [3.63, 3.8) is 0 Å². The van der Waals surface area contributed by atoms with Crippen molar-refractivity contribution in [3.8, 4) is 22.5 Å². The molecular weight excluding hydrogens is 270 g/mol. The Hall–Kier alpha value is -3.07. The summed E-state index contributed by atoms with van der Waals surface area (Å²) >= 11 is 0. The topological polar surface area (TPSA) is 22.8 Å². The summed E-state index contributed by atoms with van der Waals surface area (Å²) in [5.41, 5.74) is 4.66. The standard InChI is InChI=1S/C19H15N3/c1-2-7-16(8-3-1)19-17(21-12-4-5-13-21)9-6-10-18(19)22-14-11-20-15-22/h1-15H. The van der Waals surface area contributed by atoms with Gasteiger partial charge in [-0.1, -0.05) is 36.4 Å². The molecule has 4 aromatic rings. The van der Waals surface area contributed by atoms with Crippen LogP contribution in [0.1, 0.15) is 0 Å². The van der Waals surface area contributed by atoms with Crippen molar-refractivity contribution in [1.82, 2.24) is 14.1 Å². The Bertz CT molecular complexity index is 808. The van der Waals surface area contributed by atoms with Crippen LogP contribution in [0.15, 0.2) is 91.8 Å². The molecule has 2 aromatic heterocycles. The fourth-order valence-corrected chi connectivity index (χ4v) is 2.76. The van der Waals surface area contributed by atoms with Crippen LogP contribution in [0.4, 0.5) is 0 Å². The summed E-state index contributed by atoms with van der Waals surface area (Å²) in [5, 5.41) is 0. The van der Waals surface area contributed by atoms with E-state index < -0.39 is 0 Å². The maximum atomic E-state index is 4.18. The summed E-state index contributed by atoms with van der Waals surface area (Å²) in [6, 6.07) is 20.9. The van der Waals surface area contributed by atoms with Crippen LogP contribution in [-0.4, -0.2) is 14.1 Å². The molecule has 0 aliphatic rings. The molecule has 0 unspecified atom stereocenters. The van der Waals surface area contributed by atoms with Crippen LogP contribution in [0, 0.1) is 0 Å². The van der Waals surface area contributed by atoms with Gasteiger partial charge in [-0.05, 0) is 29.8 Å². The van der Waals surface area contributed by atoms with Crippen molar-refractivity contribution in [2.75, 3.05) is 0 Å². The van der Waals surface area contributed by atoms with Crippen LogP contribution in [0.25, 0.3) is 22.5 Å². The molecule has 0 spiro atoms. The SMILES string of the molecule is c1ccc(-c2c(-n3cccc3)cccc2-n2ccnc2)cc1. The van der Waals surface area contributed by atoms with Gasteiger partial charge < -0.3 is 9.13 Å².